The highest BCUT2D eigenvalue weighted by Crippen LogP contribution is 2.47. The number of aryl methyl sites for hydroxylation is 1. The van der Waals surface area contributed by atoms with Crippen LogP contribution < -0.4 is 19.7 Å². The molecule has 2 aromatic heterocycles. The van der Waals surface area contributed by atoms with E-state index < -0.39 is 0 Å². The first-order chi connectivity index (χ1) is 17.0. The third-order valence-electron chi connectivity index (χ3n) is 7.53. The van der Waals surface area contributed by atoms with Crippen LogP contribution in [0.4, 0.5) is 5.69 Å². The third kappa shape index (κ3) is 4.27. The molecule has 35 heavy (non-hydrogen) atoms. The Morgan fingerprint density at radius 1 is 1.00 bits per heavy atom. The number of ether oxygens (including phenoxy) is 2. The van der Waals surface area contributed by atoms with E-state index in [1.807, 2.05) is 36.5 Å². The minimum atomic E-state index is -0.0872. The number of anilines is 1. The van der Waals surface area contributed by atoms with Crippen LogP contribution in [0.5, 0.6) is 11.5 Å². The second-order valence-corrected chi connectivity index (χ2v) is 9.91. The molecule has 0 spiro atoms. The van der Waals surface area contributed by atoms with Gasteiger partial charge in [0.1, 0.15) is 11.5 Å². The largest absolute Gasteiger partial charge is 0.497 e. The fraction of sp³-hybridized carbons (Fsp3) is 0.429. The van der Waals surface area contributed by atoms with E-state index in [-0.39, 0.29) is 12.1 Å². The van der Waals surface area contributed by atoms with E-state index in [4.69, 9.17) is 26.7 Å². The van der Waals surface area contributed by atoms with Gasteiger partial charge in [-0.15, -0.1) is 0 Å². The fourth-order valence-electron chi connectivity index (χ4n) is 5.92. The quantitative estimate of drug-likeness (QED) is 0.415. The molecule has 1 N–H and O–H groups in total. The van der Waals surface area contributed by atoms with Crippen LogP contribution in [-0.4, -0.2) is 28.9 Å². The van der Waals surface area contributed by atoms with E-state index in [2.05, 4.69) is 40.8 Å². The Morgan fingerprint density at radius 2 is 1.80 bits per heavy atom. The summed E-state index contributed by atoms with van der Waals surface area (Å²) in [4.78, 5) is 6.91. The van der Waals surface area contributed by atoms with Crippen molar-refractivity contribution in [1.29, 1.82) is 0 Å². The summed E-state index contributed by atoms with van der Waals surface area (Å²) in [6.07, 6.45) is 8.29. The van der Waals surface area contributed by atoms with Crippen LogP contribution in [0.25, 0.3) is 0 Å². The van der Waals surface area contributed by atoms with Gasteiger partial charge in [0, 0.05) is 29.7 Å². The average molecular weight is 491 g/mol. The summed E-state index contributed by atoms with van der Waals surface area (Å²) in [7, 11) is 3.35. The van der Waals surface area contributed by atoms with Gasteiger partial charge in [0.15, 0.2) is 5.11 Å². The summed E-state index contributed by atoms with van der Waals surface area (Å²) >= 11 is 5.95. The lowest BCUT2D eigenvalue weighted by Crippen LogP contribution is -2.30. The predicted octanol–water partition coefficient (Wildman–Crippen LogP) is 6.20. The van der Waals surface area contributed by atoms with Gasteiger partial charge in [-0.3, -0.25) is 4.98 Å². The van der Waals surface area contributed by atoms with Gasteiger partial charge in [-0.25, -0.2) is 0 Å². The first-order valence-corrected chi connectivity index (χ1v) is 12.8. The Kier molecular flexibility index (Phi) is 6.69. The van der Waals surface area contributed by atoms with Crippen molar-refractivity contribution in [3.05, 3.63) is 71.3 Å². The van der Waals surface area contributed by atoms with E-state index in [0.717, 1.165) is 22.9 Å². The molecule has 0 unspecified atom stereocenters. The van der Waals surface area contributed by atoms with Gasteiger partial charge in [-0.1, -0.05) is 25.3 Å². The van der Waals surface area contributed by atoms with E-state index in [1.165, 1.54) is 49.1 Å². The molecular weight excluding hydrogens is 456 g/mol. The minimum Gasteiger partial charge on any atom is -0.497 e. The van der Waals surface area contributed by atoms with Crippen LogP contribution in [-0.2, 0) is 0 Å². The molecule has 3 aromatic rings. The average Bonchev–Trinajstić information content (AvgIpc) is 3.39. The second-order valence-electron chi connectivity index (χ2n) is 9.52. The Bertz CT molecular complexity index is 1200. The fourth-order valence-corrected chi connectivity index (χ4v) is 6.26. The van der Waals surface area contributed by atoms with Crippen LogP contribution in [0.3, 0.4) is 0 Å². The molecule has 1 saturated carbocycles. The SMILES string of the molecule is COc1ccc(N2C(=S)N[C@@H](c3ccccn3)[C@@H]2c2cc(C)n(C3CCCCC3)c2C)c(OC)c1. The van der Waals surface area contributed by atoms with Crippen LogP contribution in [0.2, 0.25) is 0 Å². The van der Waals surface area contributed by atoms with Gasteiger partial charge in [0.25, 0.3) is 0 Å². The van der Waals surface area contributed by atoms with Gasteiger partial charge in [0.05, 0.1) is 37.7 Å². The minimum absolute atomic E-state index is 0.0664. The van der Waals surface area contributed by atoms with Crippen molar-refractivity contribution in [2.45, 2.75) is 64.1 Å². The number of hydrogen-bond donors (Lipinski definition) is 1. The number of pyridine rings is 1. The Morgan fingerprint density at radius 3 is 2.49 bits per heavy atom. The van der Waals surface area contributed by atoms with E-state index in [9.17, 15) is 0 Å². The summed E-state index contributed by atoms with van der Waals surface area (Å²) in [5.74, 6) is 1.47. The van der Waals surface area contributed by atoms with Crippen molar-refractivity contribution in [3.63, 3.8) is 0 Å². The Hall–Kier alpha value is -3.06. The highest BCUT2D eigenvalue weighted by molar-refractivity contribution is 7.80. The molecule has 1 saturated heterocycles. The third-order valence-corrected chi connectivity index (χ3v) is 7.84. The molecule has 184 valence electrons. The van der Waals surface area contributed by atoms with Crippen LogP contribution >= 0.6 is 12.2 Å². The summed E-state index contributed by atoms with van der Waals surface area (Å²) in [6, 6.07) is 14.7. The molecule has 0 bridgehead atoms. The van der Waals surface area contributed by atoms with Crippen molar-refractivity contribution in [1.82, 2.24) is 14.9 Å². The maximum absolute atomic E-state index is 5.95. The summed E-state index contributed by atoms with van der Waals surface area (Å²) < 4.78 is 13.8. The number of rotatable bonds is 6. The zero-order valence-electron chi connectivity index (χ0n) is 21.0. The van der Waals surface area contributed by atoms with Crippen molar-refractivity contribution in [2.75, 3.05) is 19.1 Å². The monoisotopic (exact) mass is 490 g/mol. The number of benzene rings is 1. The molecule has 2 atom stereocenters. The van der Waals surface area contributed by atoms with Crippen LogP contribution in [0.15, 0.2) is 48.7 Å². The van der Waals surface area contributed by atoms with Crippen molar-refractivity contribution in [3.8, 4) is 11.5 Å². The first kappa shape index (κ1) is 23.7. The van der Waals surface area contributed by atoms with Gasteiger partial charge >= 0.3 is 0 Å². The Balaban J connectivity index is 1.65. The number of nitrogens with zero attached hydrogens (tertiary/aromatic N) is 3. The molecule has 2 fully saturated rings. The number of hydrogen-bond acceptors (Lipinski definition) is 4. The van der Waals surface area contributed by atoms with Gasteiger partial charge in [-0.05, 0) is 74.8 Å². The molecule has 1 aromatic carbocycles. The van der Waals surface area contributed by atoms with Crippen LogP contribution in [0.1, 0.15) is 72.9 Å². The number of methoxy groups -OCH3 is 2. The Labute approximate surface area is 213 Å². The molecule has 0 amide bonds. The second kappa shape index (κ2) is 9.90. The van der Waals surface area contributed by atoms with E-state index in [1.54, 1.807) is 14.2 Å². The highest BCUT2D eigenvalue weighted by atomic mass is 32.1. The van der Waals surface area contributed by atoms with Crippen molar-refractivity contribution < 1.29 is 9.47 Å². The summed E-state index contributed by atoms with van der Waals surface area (Å²) in [5.41, 5.74) is 5.77. The number of nitrogens with one attached hydrogen (secondary N) is 1. The van der Waals surface area contributed by atoms with Crippen LogP contribution in [0, 0.1) is 13.8 Å². The van der Waals surface area contributed by atoms with E-state index >= 15 is 0 Å². The lowest BCUT2D eigenvalue weighted by molar-refractivity contribution is 0.345. The molecule has 3 heterocycles. The van der Waals surface area contributed by atoms with Gasteiger partial charge in [0.2, 0.25) is 0 Å². The molecule has 1 aliphatic heterocycles. The number of thiocarbonyl (C=S) groups is 1. The molecule has 0 radical (unpaired) electrons. The maximum atomic E-state index is 5.95. The van der Waals surface area contributed by atoms with E-state index in [0.29, 0.717) is 11.2 Å². The standard InChI is InChI=1S/C28H34N4O2S/c1-18-16-22(19(2)31(18)20-10-6-5-7-11-20)27-26(23-12-8-9-15-29-23)30-28(35)32(27)24-14-13-21(33-3)17-25(24)34-4/h8-9,12-17,20,26-27H,5-7,10-11H2,1-4H3,(H,30,35)/t26-,27-/m0/s1. The summed E-state index contributed by atoms with van der Waals surface area (Å²) in [6.45, 7) is 4.50. The van der Waals surface area contributed by atoms with Crippen molar-refractivity contribution in [2.24, 2.45) is 0 Å². The smallest absolute Gasteiger partial charge is 0.174 e. The topological polar surface area (TPSA) is 51.5 Å². The molecule has 6 nitrogen and oxygen atoms in total. The van der Waals surface area contributed by atoms with Gasteiger partial charge in [-0.2, -0.15) is 0 Å². The number of aromatic nitrogens is 2. The lowest BCUT2D eigenvalue weighted by Gasteiger charge is -2.30. The normalized spacial score (nSPS) is 20.7. The van der Waals surface area contributed by atoms with Crippen molar-refractivity contribution >= 4 is 23.0 Å². The molecule has 2 aliphatic rings. The van der Waals surface area contributed by atoms with Gasteiger partial charge < -0.3 is 24.3 Å². The maximum Gasteiger partial charge on any atom is 0.174 e. The zero-order chi connectivity index (χ0) is 24.5. The highest BCUT2D eigenvalue weighted by Gasteiger charge is 2.43. The lowest BCUT2D eigenvalue weighted by atomic mass is 9.94. The molecule has 5 rings (SSSR count). The zero-order valence-corrected chi connectivity index (χ0v) is 21.8. The summed E-state index contributed by atoms with van der Waals surface area (Å²) in [5, 5.41) is 4.25. The first-order valence-electron chi connectivity index (χ1n) is 12.4. The molecule has 1 aliphatic carbocycles. The molecular formula is C28H34N4O2S. The molecule has 7 heteroatoms. The predicted molar refractivity (Wildman–Crippen MR) is 144 cm³/mol.